The molecule has 1 heterocycles. The molecule has 0 unspecified atom stereocenters. The average molecular weight is 359 g/mol. The Hall–Kier alpha value is -2.90. The van der Waals surface area contributed by atoms with Gasteiger partial charge in [0.15, 0.2) is 11.5 Å². The molecule has 1 aromatic carbocycles. The fourth-order valence-corrected chi connectivity index (χ4v) is 2.03. The largest absolute Gasteiger partial charge is 0.490 e. The molecule has 0 fully saturated rings. The van der Waals surface area contributed by atoms with Crippen LogP contribution in [0.25, 0.3) is 0 Å². The van der Waals surface area contributed by atoms with Gasteiger partial charge in [-0.3, -0.25) is 9.78 Å². The average Bonchev–Trinajstić information content (AvgIpc) is 2.65. The summed E-state index contributed by atoms with van der Waals surface area (Å²) < 4.78 is 11.5. The number of hydrazone groups is 1. The van der Waals surface area contributed by atoms with E-state index in [4.69, 9.17) is 9.47 Å². The number of benzene rings is 1. The van der Waals surface area contributed by atoms with Crippen LogP contribution < -0.4 is 20.5 Å². The minimum absolute atomic E-state index is 0.185. The molecule has 0 aliphatic carbocycles. The lowest BCUT2D eigenvalue weighted by molar-refractivity contribution is 0.268. The lowest BCUT2D eigenvalue weighted by atomic mass is 10.1. The fraction of sp³-hybridized carbons (Fsp3) is 0.444. The number of nitrogens with zero attached hydrogens (tertiary/aromatic N) is 3. The Bertz CT molecular complexity index is 817. The number of nitrogens with one attached hydrogen (secondary N) is 2. The number of H-pyrrole nitrogens is 1. The molecule has 0 saturated carbocycles. The molecule has 8 heteroatoms. The third-order valence-corrected chi connectivity index (χ3v) is 3.47. The zero-order chi connectivity index (χ0) is 18.9. The van der Waals surface area contributed by atoms with Crippen molar-refractivity contribution < 1.29 is 9.47 Å². The quantitative estimate of drug-likeness (QED) is 0.527. The zero-order valence-electron chi connectivity index (χ0n) is 15.6. The Morgan fingerprint density at radius 2 is 1.85 bits per heavy atom. The second kappa shape index (κ2) is 9.55. The minimum Gasteiger partial charge on any atom is -0.490 e. The first-order valence-corrected chi connectivity index (χ1v) is 8.69. The van der Waals surface area contributed by atoms with E-state index in [0.29, 0.717) is 30.4 Å². The van der Waals surface area contributed by atoms with Crippen LogP contribution in [-0.2, 0) is 0 Å². The molecule has 26 heavy (non-hydrogen) atoms. The SMILES string of the molecule is CCCOc1ccc(/C(C)=N\Nc2nnc(C)c(=O)[nH]2)cc1OCCC. The van der Waals surface area contributed by atoms with Crippen molar-refractivity contribution in [2.45, 2.75) is 40.5 Å². The molecule has 0 aliphatic heterocycles. The summed E-state index contributed by atoms with van der Waals surface area (Å²) in [6, 6.07) is 5.68. The van der Waals surface area contributed by atoms with Crippen molar-refractivity contribution in [2.75, 3.05) is 18.6 Å². The molecule has 140 valence electrons. The van der Waals surface area contributed by atoms with Crippen molar-refractivity contribution in [1.82, 2.24) is 15.2 Å². The summed E-state index contributed by atoms with van der Waals surface area (Å²) in [6.45, 7) is 8.79. The van der Waals surface area contributed by atoms with Crippen molar-refractivity contribution in [3.05, 3.63) is 39.8 Å². The third-order valence-electron chi connectivity index (χ3n) is 3.47. The molecule has 0 radical (unpaired) electrons. The molecular formula is C18H25N5O3. The van der Waals surface area contributed by atoms with Gasteiger partial charge in [0.25, 0.3) is 5.56 Å². The molecular weight excluding hydrogens is 334 g/mol. The summed E-state index contributed by atoms with van der Waals surface area (Å²) in [5, 5.41) is 11.8. The molecule has 0 amide bonds. The molecule has 0 spiro atoms. The van der Waals surface area contributed by atoms with Crippen molar-refractivity contribution >= 4 is 11.7 Å². The molecule has 2 rings (SSSR count). The summed E-state index contributed by atoms with van der Waals surface area (Å²) >= 11 is 0. The molecule has 2 N–H and O–H groups in total. The van der Waals surface area contributed by atoms with Crippen molar-refractivity contribution in [1.29, 1.82) is 0 Å². The Morgan fingerprint density at radius 3 is 2.50 bits per heavy atom. The first kappa shape index (κ1) is 19.4. The van der Waals surface area contributed by atoms with Gasteiger partial charge in [0, 0.05) is 5.56 Å². The Morgan fingerprint density at radius 1 is 1.15 bits per heavy atom. The number of hydrogen-bond donors (Lipinski definition) is 2. The summed E-state index contributed by atoms with van der Waals surface area (Å²) in [5.41, 5.74) is 4.28. The monoisotopic (exact) mass is 359 g/mol. The number of ether oxygens (including phenoxy) is 2. The van der Waals surface area contributed by atoms with E-state index in [9.17, 15) is 4.79 Å². The molecule has 0 atom stereocenters. The standard InChI is InChI=1S/C18H25N5O3/c1-5-9-25-15-8-7-14(11-16(15)26-10-6-2)12(3)20-22-18-19-17(24)13(4)21-23-18/h7-8,11H,5-6,9-10H2,1-4H3,(H2,19,22,23,24)/b20-12-. The Labute approximate surface area is 152 Å². The van der Waals surface area contributed by atoms with Gasteiger partial charge in [0.05, 0.1) is 18.9 Å². The Balaban J connectivity index is 2.19. The van der Waals surface area contributed by atoms with Crippen LogP contribution in [-0.4, -0.2) is 34.1 Å². The zero-order valence-corrected chi connectivity index (χ0v) is 15.6. The molecule has 0 bridgehead atoms. The van der Waals surface area contributed by atoms with Crippen LogP contribution in [0, 0.1) is 6.92 Å². The van der Waals surface area contributed by atoms with Gasteiger partial charge in [-0.05, 0) is 44.9 Å². The minimum atomic E-state index is -0.303. The summed E-state index contributed by atoms with van der Waals surface area (Å²) in [6.07, 6.45) is 1.83. The van der Waals surface area contributed by atoms with Crippen molar-refractivity contribution in [2.24, 2.45) is 5.10 Å². The number of aromatic nitrogens is 3. The van der Waals surface area contributed by atoms with E-state index >= 15 is 0 Å². The van der Waals surface area contributed by atoms with Gasteiger partial charge in [-0.2, -0.15) is 5.10 Å². The van der Waals surface area contributed by atoms with Gasteiger partial charge in [0.1, 0.15) is 5.69 Å². The second-order valence-electron chi connectivity index (χ2n) is 5.76. The van der Waals surface area contributed by atoms with Crippen LogP contribution in [0.5, 0.6) is 11.5 Å². The normalized spacial score (nSPS) is 11.3. The predicted octanol–water partition coefficient (Wildman–Crippen LogP) is 2.89. The molecule has 1 aromatic heterocycles. The first-order valence-electron chi connectivity index (χ1n) is 8.69. The lowest BCUT2D eigenvalue weighted by Crippen LogP contribution is -2.16. The van der Waals surface area contributed by atoms with E-state index in [1.165, 1.54) is 0 Å². The van der Waals surface area contributed by atoms with Crippen LogP contribution in [0.3, 0.4) is 0 Å². The second-order valence-corrected chi connectivity index (χ2v) is 5.76. The number of aryl methyl sites for hydroxylation is 1. The summed E-state index contributed by atoms with van der Waals surface area (Å²) in [4.78, 5) is 14.1. The number of hydrogen-bond acceptors (Lipinski definition) is 7. The van der Waals surface area contributed by atoms with Gasteiger partial charge >= 0.3 is 0 Å². The molecule has 2 aromatic rings. The predicted molar refractivity (Wildman–Crippen MR) is 101 cm³/mol. The van der Waals surface area contributed by atoms with E-state index in [0.717, 1.165) is 24.2 Å². The molecule has 8 nitrogen and oxygen atoms in total. The van der Waals surface area contributed by atoms with E-state index in [-0.39, 0.29) is 11.5 Å². The summed E-state index contributed by atoms with van der Waals surface area (Å²) in [5.74, 6) is 1.60. The molecule has 0 saturated heterocycles. The topological polar surface area (TPSA) is 101 Å². The highest BCUT2D eigenvalue weighted by Gasteiger charge is 2.09. The fourth-order valence-electron chi connectivity index (χ4n) is 2.03. The van der Waals surface area contributed by atoms with E-state index < -0.39 is 0 Å². The van der Waals surface area contributed by atoms with Crippen LogP contribution in [0.2, 0.25) is 0 Å². The number of anilines is 1. The van der Waals surface area contributed by atoms with E-state index in [1.54, 1.807) is 6.92 Å². The smallest absolute Gasteiger partial charge is 0.274 e. The highest BCUT2D eigenvalue weighted by Crippen LogP contribution is 2.29. The third kappa shape index (κ3) is 5.30. The maximum atomic E-state index is 11.5. The Kier molecular flexibility index (Phi) is 7.13. The van der Waals surface area contributed by atoms with Gasteiger partial charge in [-0.25, -0.2) is 5.43 Å². The van der Waals surface area contributed by atoms with Gasteiger partial charge in [-0.15, -0.1) is 10.2 Å². The van der Waals surface area contributed by atoms with Gasteiger partial charge in [-0.1, -0.05) is 13.8 Å². The maximum absolute atomic E-state index is 11.5. The van der Waals surface area contributed by atoms with E-state index in [2.05, 4.69) is 39.6 Å². The van der Waals surface area contributed by atoms with Crippen molar-refractivity contribution in [3.8, 4) is 11.5 Å². The number of aromatic amines is 1. The van der Waals surface area contributed by atoms with Gasteiger partial charge in [0.2, 0.25) is 5.95 Å². The summed E-state index contributed by atoms with van der Waals surface area (Å²) in [7, 11) is 0. The number of rotatable bonds is 9. The van der Waals surface area contributed by atoms with Crippen LogP contribution in [0.1, 0.15) is 44.9 Å². The van der Waals surface area contributed by atoms with Crippen molar-refractivity contribution in [3.63, 3.8) is 0 Å². The highest BCUT2D eigenvalue weighted by atomic mass is 16.5. The lowest BCUT2D eigenvalue weighted by Gasteiger charge is -2.13. The van der Waals surface area contributed by atoms with Crippen LogP contribution in [0.15, 0.2) is 28.1 Å². The highest BCUT2D eigenvalue weighted by molar-refractivity contribution is 5.99. The molecule has 0 aliphatic rings. The van der Waals surface area contributed by atoms with Crippen LogP contribution in [0.4, 0.5) is 5.95 Å². The first-order chi connectivity index (χ1) is 12.5. The van der Waals surface area contributed by atoms with Gasteiger partial charge < -0.3 is 9.47 Å². The maximum Gasteiger partial charge on any atom is 0.274 e. The van der Waals surface area contributed by atoms with Crippen LogP contribution >= 0.6 is 0 Å². The van der Waals surface area contributed by atoms with E-state index in [1.807, 2.05) is 25.1 Å².